The first-order chi connectivity index (χ1) is 9.63. The summed E-state index contributed by atoms with van der Waals surface area (Å²) < 4.78 is 5.81. The maximum atomic E-state index is 12.1. The smallest absolute Gasteiger partial charge is 0.543 e. The molecule has 104 valence electrons. The van der Waals surface area contributed by atoms with Gasteiger partial charge in [-0.05, 0) is 24.0 Å². The van der Waals surface area contributed by atoms with E-state index in [1.165, 1.54) is 34.7 Å². The van der Waals surface area contributed by atoms with Gasteiger partial charge in [-0.3, -0.25) is 9.69 Å². The number of rotatable bonds is 4. The number of β-lactam (4-membered cyclic amide) rings is 1. The molecule has 1 aromatic heterocycles. The van der Waals surface area contributed by atoms with E-state index in [1.54, 1.807) is 18.2 Å². The van der Waals surface area contributed by atoms with Crippen LogP contribution < -0.4 is 34.7 Å². The summed E-state index contributed by atoms with van der Waals surface area (Å²) in [6.07, 6.45) is 3.18. The molecule has 1 amide bonds. The Kier molecular flexibility index (Phi) is 5.32. The number of furan rings is 1. The van der Waals surface area contributed by atoms with E-state index >= 15 is 0 Å². The maximum absolute atomic E-state index is 12.1. The van der Waals surface area contributed by atoms with E-state index in [9.17, 15) is 14.7 Å². The third-order valence-electron chi connectivity index (χ3n) is 2.93. The fourth-order valence-corrected chi connectivity index (χ4v) is 4.67. The molecule has 1 fully saturated rings. The number of thioether (sulfide) groups is 2. The van der Waals surface area contributed by atoms with Crippen LogP contribution in [0, 0.1) is 0 Å². The van der Waals surface area contributed by atoms with Crippen LogP contribution in [0.2, 0.25) is 0 Å². The molecule has 2 aliphatic rings. The fraction of sp³-hybridized carbons (Fsp3) is 0.231. The Morgan fingerprint density at radius 3 is 2.95 bits per heavy atom. The topological polar surface area (TPSA) is 73.6 Å². The van der Waals surface area contributed by atoms with Gasteiger partial charge in [-0.15, -0.1) is 11.8 Å². The number of fused-ring (bicyclic) bond motifs is 1. The van der Waals surface area contributed by atoms with Crippen LogP contribution in [0.3, 0.4) is 0 Å². The predicted octanol–water partition coefficient (Wildman–Crippen LogP) is -1.75. The van der Waals surface area contributed by atoms with Gasteiger partial charge in [0.15, 0.2) is 0 Å². The van der Waals surface area contributed by atoms with E-state index in [0.717, 1.165) is 5.75 Å². The molecule has 5 nitrogen and oxygen atoms in total. The first kappa shape index (κ1) is 16.8. The number of carboxylic acids is 1. The van der Waals surface area contributed by atoms with Crippen LogP contribution >= 0.6 is 23.5 Å². The first-order valence-electron chi connectivity index (χ1n) is 5.97. The molecule has 0 unspecified atom stereocenters. The van der Waals surface area contributed by atoms with Crippen molar-refractivity contribution in [3.05, 3.63) is 39.7 Å². The van der Waals surface area contributed by atoms with Crippen LogP contribution in [0.25, 0.3) is 6.08 Å². The molecular formula is C13H10NNaO4S2. The van der Waals surface area contributed by atoms with E-state index in [2.05, 4.69) is 0 Å². The largest absolute Gasteiger partial charge is 1.00 e. The van der Waals surface area contributed by atoms with Crippen LogP contribution in [0.1, 0.15) is 12.7 Å². The molecule has 21 heavy (non-hydrogen) atoms. The van der Waals surface area contributed by atoms with E-state index < -0.39 is 5.97 Å². The Balaban J connectivity index is 0.00000161. The first-order valence-corrected chi connectivity index (χ1v) is 7.83. The third-order valence-corrected chi connectivity index (χ3v) is 5.41. The van der Waals surface area contributed by atoms with Crippen molar-refractivity contribution in [1.82, 2.24) is 4.90 Å². The van der Waals surface area contributed by atoms with Gasteiger partial charge in [0, 0.05) is 0 Å². The van der Waals surface area contributed by atoms with Crippen molar-refractivity contribution >= 4 is 41.5 Å². The molecule has 2 aliphatic heterocycles. The molecule has 1 aromatic rings. The number of aliphatic carboxylic acids is 1. The number of hydrogen-bond donors (Lipinski definition) is 0. The minimum absolute atomic E-state index is 0. The Morgan fingerprint density at radius 1 is 1.62 bits per heavy atom. The van der Waals surface area contributed by atoms with Crippen LogP contribution in [0.4, 0.5) is 0 Å². The van der Waals surface area contributed by atoms with Crippen LogP contribution in [-0.4, -0.2) is 27.9 Å². The Bertz CT molecular complexity index is 639. The molecule has 0 saturated carbocycles. The fourth-order valence-electron chi connectivity index (χ4n) is 2.09. The number of carbonyl (C=O) groups excluding carboxylic acids is 2. The second kappa shape index (κ2) is 6.66. The molecule has 0 spiro atoms. The summed E-state index contributed by atoms with van der Waals surface area (Å²) in [4.78, 5) is 24.6. The summed E-state index contributed by atoms with van der Waals surface area (Å²) in [6.45, 7) is 1.93. The zero-order valence-corrected chi connectivity index (χ0v) is 15.1. The van der Waals surface area contributed by atoms with Crippen LogP contribution in [-0.2, 0) is 9.59 Å². The summed E-state index contributed by atoms with van der Waals surface area (Å²) in [5.74, 6) is -0.281. The molecule has 3 heterocycles. The second-order valence-electron chi connectivity index (χ2n) is 4.12. The van der Waals surface area contributed by atoms with Gasteiger partial charge in [-0.25, -0.2) is 0 Å². The predicted molar refractivity (Wildman–Crippen MR) is 75.1 cm³/mol. The summed E-state index contributed by atoms with van der Waals surface area (Å²) >= 11 is 2.78. The van der Waals surface area contributed by atoms with Crippen molar-refractivity contribution in [2.24, 2.45) is 0 Å². The second-order valence-corrected chi connectivity index (χ2v) is 6.74. The van der Waals surface area contributed by atoms with Crippen molar-refractivity contribution in [2.45, 2.75) is 12.3 Å². The Hall–Kier alpha value is -0.600. The van der Waals surface area contributed by atoms with Gasteiger partial charge in [0.25, 0.3) is 5.91 Å². The normalized spacial score (nSPS) is 22.1. The quantitative estimate of drug-likeness (QED) is 0.370. The van der Waals surface area contributed by atoms with E-state index in [0.29, 0.717) is 15.6 Å². The van der Waals surface area contributed by atoms with Gasteiger partial charge in [-0.1, -0.05) is 18.7 Å². The summed E-state index contributed by atoms with van der Waals surface area (Å²) in [6, 6.07) is 3.48. The zero-order valence-electron chi connectivity index (χ0n) is 11.5. The summed E-state index contributed by atoms with van der Waals surface area (Å²) in [5, 5.41) is 10.9. The van der Waals surface area contributed by atoms with Crippen molar-refractivity contribution in [3.63, 3.8) is 0 Å². The minimum Gasteiger partial charge on any atom is -0.543 e. The molecule has 0 N–H and O–H groups in total. The van der Waals surface area contributed by atoms with Crippen molar-refractivity contribution in [3.8, 4) is 0 Å². The van der Waals surface area contributed by atoms with Crippen LogP contribution in [0.5, 0.6) is 0 Å². The van der Waals surface area contributed by atoms with E-state index in [-0.39, 0.29) is 46.5 Å². The molecule has 0 radical (unpaired) electrons. The number of carboxylic acid groups (broad SMARTS) is 1. The number of amides is 1. The van der Waals surface area contributed by atoms with Gasteiger partial charge in [0.2, 0.25) is 0 Å². The monoisotopic (exact) mass is 331 g/mol. The van der Waals surface area contributed by atoms with Crippen molar-refractivity contribution in [1.29, 1.82) is 0 Å². The Morgan fingerprint density at radius 2 is 2.38 bits per heavy atom. The minimum atomic E-state index is -1.30. The average molecular weight is 331 g/mol. The van der Waals surface area contributed by atoms with Gasteiger partial charge in [0.1, 0.15) is 11.1 Å². The average Bonchev–Trinajstić information content (AvgIpc) is 3.02. The van der Waals surface area contributed by atoms with E-state index in [1.807, 2.05) is 6.92 Å². The van der Waals surface area contributed by atoms with Crippen molar-refractivity contribution < 1.29 is 48.7 Å². The SMILES string of the molecule is CCSC1=C(C(=O)[O-])N2C(=O)/C(=C/c3ccco3)[C@@H]2S1.[Na+]. The molecule has 1 atom stereocenters. The van der Waals surface area contributed by atoms with Crippen molar-refractivity contribution in [2.75, 3.05) is 5.75 Å². The van der Waals surface area contributed by atoms with Gasteiger partial charge in [0.05, 0.1) is 27.7 Å². The number of carbonyl (C=O) groups is 2. The molecule has 1 saturated heterocycles. The summed E-state index contributed by atoms with van der Waals surface area (Å²) in [7, 11) is 0. The molecule has 0 aliphatic carbocycles. The Labute approximate surface area is 152 Å². The molecule has 0 bridgehead atoms. The van der Waals surface area contributed by atoms with Gasteiger partial charge in [-0.2, -0.15) is 0 Å². The van der Waals surface area contributed by atoms with Crippen LogP contribution in [0.15, 0.2) is 38.3 Å². The maximum Gasteiger partial charge on any atom is 1.00 e. The number of nitrogens with zero attached hydrogens (tertiary/aromatic N) is 1. The molecule has 0 aromatic carbocycles. The summed E-state index contributed by atoms with van der Waals surface area (Å²) in [5.41, 5.74) is 0.545. The van der Waals surface area contributed by atoms with Gasteiger partial charge >= 0.3 is 29.6 Å². The zero-order chi connectivity index (χ0) is 14.3. The van der Waals surface area contributed by atoms with Gasteiger partial charge < -0.3 is 14.3 Å². The molecule has 8 heteroatoms. The standard InChI is InChI=1S/C13H11NO4S2.Na/c1-2-19-13-9(12(16)17)14-10(15)8(11(14)20-13)6-7-4-3-5-18-7;/h3-6,11H,2H2,1H3,(H,16,17);/q;+1/p-1/b8-6-;/t11-;/m0./s1. The molecule has 3 rings (SSSR count). The molecular weight excluding hydrogens is 321 g/mol. The third kappa shape index (κ3) is 2.85. The number of hydrogen-bond acceptors (Lipinski definition) is 6. The van der Waals surface area contributed by atoms with E-state index in [4.69, 9.17) is 4.42 Å².